The van der Waals surface area contributed by atoms with Crippen LogP contribution in [0, 0.1) is 0 Å². The summed E-state index contributed by atoms with van der Waals surface area (Å²) in [6.07, 6.45) is 1.96. The number of para-hydroxylation sites is 2. The molecule has 29 heavy (non-hydrogen) atoms. The molecule has 4 nitrogen and oxygen atoms in total. The molecule has 0 saturated carbocycles. The van der Waals surface area contributed by atoms with Gasteiger partial charge in [-0.3, -0.25) is 4.79 Å². The molecule has 3 aromatic heterocycles. The largest absolute Gasteiger partial charge is 0.492 e. The minimum atomic E-state index is 0.0508. The maximum atomic E-state index is 13.4. The topological polar surface area (TPSA) is 36.2 Å². The number of rotatable bonds is 6. The second-order valence-corrected chi connectivity index (χ2v) is 7.95. The van der Waals surface area contributed by atoms with Crippen LogP contribution < -0.4 is 4.74 Å². The van der Waals surface area contributed by atoms with E-state index in [1.165, 1.54) is 0 Å². The third-order valence-electron chi connectivity index (χ3n) is 5.27. The molecule has 0 aliphatic heterocycles. The van der Waals surface area contributed by atoms with E-state index in [1.54, 1.807) is 11.3 Å². The van der Waals surface area contributed by atoms with Crippen molar-refractivity contribution >= 4 is 38.2 Å². The molecule has 0 unspecified atom stereocenters. The van der Waals surface area contributed by atoms with Crippen LogP contribution in [0.15, 0.2) is 78.3 Å². The number of aromatic nitrogens is 2. The van der Waals surface area contributed by atoms with Crippen molar-refractivity contribution in [3.05, 3.63) is 89.6 Å². The van der Waals surface area contributed by atoms with Gasteiger partial charge in [0.1, 0.15) is 12.4 Å². The number of carbonyl (C=O) groups is 1. The first-order valence-corrected chi connectivity index (χ1v) is 10.4. The van der Waals surface area contributed by atoms with Crippen LogP contribution >= 0.6 is 11.3 Å². The monoisotopic (exact) mass is 400 g/mol. The smallest absolute Gasteiger partial charge is 0.211 e. The highest BCUT2D eigenvalue weighted by Crippen LogP contribution is 2.28. The Morgan fingerprint density at radius 1 is 1.00 bits per heavy atom. The Morgan fingerprint density at radius 2 is 1.79 bits per heavy atom. The molecule has 0 fully saturated rings. The first kappa shape index (κ1) is 17.8. The maximum Gasteiger partial charge on any atom is 0.211 e. The Balaban J connectivity index is 1.47. The average Bonchev–Trinajstić information content (AvgIpc) is 3.44. The second-order valence-electron chi connectivity index (χ2n) is 7.00. The van der Waals surface area contributed by atoms with Crippen LogP contribution in [-0.4, -0.2) is 21.5 Å². The lowest BCUT2D eigenvalue weighted by Crippen LogP contribution is -2.08. The summed E-state index contributed by atoms with van der Waals surface area (Å²) >= 11 is 1.66. The van der Waals surface area contributed by atoms with Crippen molar-refractivity contribution in [2.75, 3.05) is 6.61 Å². The zero-order valence-electron chi connectivity index (χ0n) is 16.0. The normalized spacial score (nSPS) is 11.3. The number of hydrogen-bond acceptors (Lipinski definition) is 3. The summed E-state index contributed by atoms with van der Waals surface area (Å²) in [7, 11) is 1.95. The number of thiophene rings is 1. The van der Waals surface area contributed by atoms with Crippen LogP contribution in [0.2, 0.25) is 0 Å². The lowest BCUT2D eigenvalue weighted by Gasteiger charge is -2.08. The molecule has 0 spiro atoms. The Morgan fingerprint density at radius 3 is 2.62 bits per heavy atom. The molecule has 3 heterocycles. The first-order chi connectivity index (χ1) is 14.2. The predicted octanol–water partition coefficient (Wildman–Crippen LogP) is 5.50. The molecule has 2 aromatic carbocycles. The van der Waals surface area contributed by atoms with Gasteiger partial charge < -0.3 is 13.9 Å². The molecule has 5 rings (SSSR count). The third kappa shape index (κ3) is 3.13. The molecule has 0 atom stereocenters. The predicted molar refractivity (Wildman–Crippen MR) is 118 cm³/mol. The second kappa shape index (κ2) is 7.26. The minimum Gasteiger partial charge on any atom is -0.492 e. The molecule has 144 valence electrons. The molecule has 0 N–H and O–H groups in total. The van der Waals surface area contributed by atoms with Gasteiger partial charge in [0, 0.05) is 29.7 Å². The van der Waals surface area contributed by atoms with Crippen LogP contribution in [0.25, 0.3) is 21.1 Å². The highest BCUT2D eigenvalue weighted by molar-refractivity contribution is 7.17. The van der Waals surface area contributed by atoms with E-state index in [2.05, 4.69) is 22.1 Å². The van der Waals surface area contributed by atoms with Crippen molar-refractivity contribution in [2.45, 2.75) is 6.54 Å². The van der Waals surface area contributed by atoms with Gasteiger partial charge in [-0.15, -0.1) is 11.3 Å². The van der Waals surface area contributed by atoms with Crippen molar-refractivity contribution in [1.29, 1.82) is 0 Å². The van der Waals surface area contributed by atoms with Crippen LogP contribution in [0.3, 0.4) is 0 Å². The fraction of sp³-hybridized carbons (Fsp3) is 0.125. The maximum absolute atomic E-state index is 13.4. The van der Waals surface area contributed by atoms with Crippen molar-refractivity contribution < 1.29 is 9.53 Å². The zero-order valence-corrected chi connectivity index (χ0v) is 16.9. The quantitative estimate of drug-likeness (QED) is 0.353. The van der Waals surface area contributed by atoms with Crippen LogP contribution in [0.4, 0.5) is 0 Å². The molecular weight excluding hydrogens is 380 g/mol. The van der Waals surface area contributed by atoms with Gasteiger partial charge in [-0.2, -0.15) is 0 Å². The number of aryl methyl sites for hydroxylation is 1. The molecule has 0 amide bonds. The summed E-state index contributed by atoms with van der Waals surface area (Å²) in [5.74, 6) is 0.902. The highest BCUT2D eigenvalue weighted by atomic mass is 32.1. The highest BCUT2D eigenvalue weighted by Gasteiger charge is 2.20. The van der Waals surface area contributed by atoms with Crippen molar-refractivity contribution in [1.82, 2.24) is 9.13 Å². The Labute approximate surface area is 172 Å². The Bertz CT molecular complexity index is 1310. The number of nitrogens with zero attached hydrogens (tertiary/aromatic N) is 2. The number of fused-ring (bicyclic) bond motifs is 2. The van der Waals surface area contributed by atoms with Crippen LogP contribution in [0.1, 0.15) is 16.1 Å². The van der Waals surface area contributed by atoms with Crippen LogP contribution in [-0.2, 0) is 13.6 Å². The van der Waals surface area contributed by atoms with Gasteiger partial charge in [-0.1, -0.05) is 36.4 Å². The molecule has 0 aliphatic carbocycles. The fourth-order valence-corrected chi connectivity index (χ4v) is 4.65. The lowest BCUT2D eigenvalue weighted by molar-refractivity contribution is 0.103. The van der Waals surface area contributed by atoms with E-state index in [-0.39, 0.29) is 5.78 Å². The van der Waals surface area contributed by atoms with E-state index in [0.29, 0.717) is 13.2 Å². The van der Waals surface area contributed by atoms with Crippen molar-refractivity contribution in [3.8, 4) is 5.75 Å². The first-order valence-electron chi connectivity index (χ1n) is 9.56. The lowest BCUT2D eigenvalue weighted by atomic mass is 10.1. The number of ketones is 1. The summed E-state index contributed by atoms with van der Waals surface area (Å²) in [5.41, 5.74) is 3.59. The minimum absolute atomic E-state index is 0.0508. The van der Waals surface area contributed by atoms with Gasteiger partial charge in [0.2, 0.25) is 5.78 Å². The molecule has 0 radical (unpaired) electrons. The number of carbonyl (C=O) groups excluding carboxylic acids is 1. The molecule has 5 aromatic rings. The van der Waals surface area contributed by atoms with Crippen molar-refractivity contribution in [3.63, 3.8) is 0 Å². The van der Waals surface area contributed by atoms with Gasteiger partial charge in [-0.25, -0.2) is 0 Å². The Kier molecular flexibility index (Phi) is 4.45. The summed E-state index contributed by atoms with van der Waals surface area (Å²) in [6.45, 7) is 1.21. The van der Waals surface area contributed by atoms with Crippen molar-refractivity contribution in [2.24, 2.45) is 7.05 Å². The standard InChI is InChI=1S/C24H20N2O2S/c1-25-21-11-14-29-23(21)15-22(25)24(27)19-16-26(20-10-6-5-9-18(19)20)12-13-28-17-7-3-2-4-8-17/h2-11,14-16H,12-13H2,1H3. The van der Waals surface area contributed by atoms with E-state index < -0.39 is 0 Å². The summed E-state index contributed by atoms with van der Waals surface area (Å²) in [6, 6.07) is 21.9. The summed E-state index contributed by atoms with van der Waals surface area (Å²) in [4.78, 5) is 13.4. The molecule has 5 heteroatoms. The third-order valence-corrected chi connectivity index (χ3v) is 6.13. The molecule has 0 aliphatic rings. The van der Waals surface area contributed by atoms with Gasteiger partial charge in [0.15, 0.2) is 0 Å². The van der Waals surface area contributed by atoms with Gasteiger partial charge in [0.25, 0.3) is 0 Å². The van der Waals surface area contributed by atoms with E-state index in [9.17, 15) is 4.79 Å². The number of ether oxygens (including phenoxy) is 1. The van der Waals surface area contributed by atoms with Gasteiger partial charge in [0.05, 0.1) is 22.5 Å². The fourth-order valence-electron chi connectivity index (χ4n) is 3.80. The van der Waals surface area contributed by atoms with Gasteiger partial charge >= 0.3 is 0 Å². The number of hydrogen-bond donors (Lipinski definition) is 0. The van der Waals surface area contributed by atoms with E-state index in [0.717, 1.165) is 38.1 Å². The number of benzene rings is 2. The van der Waals surface area contributed by atoms with E-state index in [1.807, 2.05) is 72.4 Å². The van der Waals surface area contributed by atoms with Gasteiger partial charge in [-0.05, 0) is 35.7 Å². The zero-order chi connectivity index (χ0) is 19.8. The van der Waals surface area contributed by atoms with Crippen LogP contribution in [0.5, 0.6) is 5.75 Å². The van der Waals surface area contributed by atoms with E-state index >= 15 is 0 Å². The molecule has 0 bridgehead atoms. The Hall–Kier alpha value is -3.31. The molecule has 0 saturated heterocycles. The molecular formula is C24H20N2O2S. The summed E-state index contributed by atoms with van der Waals surface area (Å²) in [5, 5.41) is 3.03. The SMILES string of the molecule is Cn1c(C(=O)c2cn(CCOc3ccccc3)c3ccccc23)cc2sccc21. The average molecular weight is 401 g/mol. The van der Waals surface area contributed by atoms with E-state index in [4.69, 9.17) is 4.74 Å². The summed E-state index contributed by atoms with van der Waals surface area (Å²) < 4.78 is 11.1.